The first kappa shape index (κ1) is 11.1. The smallest absolute Gasteiger partial charge is 0.286 e. The summed E-state index contributed by atoms with van der Waals surface area (Å²) in [6, 6.07) is 5.41. The van der Waals surface area contributed by atoms with Crippen LogP contribution >= 0.6 is 11.8 Å². The number of aromatic nitrogens is 1. The zero-order valence-electron chi connectivity index (χ0n) is 7.95. The summed E-state index contributed by atoms with van der Waals surface area (Å²) in [4.78, 5) is 2.83. The van der Waals surface area contributed by atoms with E-state index in [1.54, 1.807) is 6.08 Å². The molecule has 5 heteroatoms. The molecule has 0 unspecified atom stereocenters. The van der Waals surface area contributed by atoms with Gasteiger partial charge in [0.05, 0.1) is 0 Å². The van der Waals surface area contributed by atoms with Gasteiger partial charge in [-0.15, -0.1) is 6.58 Å². The molecule has 1 heterocycles. The van der Waals surface area contributed by atoms with Gasteiger partial charge in [0, 0.05) is 5.75 Å². The number of hydrogen-bond acceptors (Lipinski definition) is 4. The number of thioether (sulfide) groups is 1. The van der Waals surface area contributed by atoms with Gasteiger partial charge in [0.1, 0.15) is 23.3 Å². The zero-order chi connectivity index (χ0) is 11.3. The third-order valence-electron chi connectivity index (χ3n) is 1.66. The highest BCUT2D eigenvalue weighted by Crippen LogP contribution is 2.19. The van der Waals surface area contributed by atoms with Crippen LogP contribution in [0.1, 0.15) is 11.1 Å². The van der Waals surface area contributed by atoms with E-state index in [0.29, 0.717) is 16.3 Å². The quantitative estimate of drug-likeness (QED) is 0.606. The lowest BCUT2D eigenvalue weighted by Crippen LogP contribution is -2.16. The Hall–Kier alpha value is -1.98. The van der Waals surface area contributed by atoms with E-state index >= 15 is 0 Å². The van der Waals surface area contributed by atoms with E-state index in [4.69, 9.17) is 16.3 Å². The van der Waals surface area contributed by atoms with Gasteiger partial charge in [-0.3, -0.25) is 5.73 Å². The second kappa shape index (κ2) is 5.04. The number of H-pyrrole nitrogens is 1. The third kappa shape index (κ3) is 2.49. The van der Waals surface area contributed by atoms with Crippen LogP contribution in [0.4, 0.5) is 5.82 Å². The molecule has 0 radical (unpaired) electrons. The van der Waals surface area contributed by atoms with E-state index in [1.165, 1.54) is 17.8 Å². The summed E-state index contributed by atoms with van der Waals surface area (Å²) in [5.41, 5.74) is 6.31. The Morgan fingerprint density at radius 3 is 2.67 bits per heavy atom. The van der Waals surface area contributed by atoms with Crippen LogP contribution in [0.15, 0.2) is 23.7 Å². The number of nitrogens with one attached hydrogen (secondary N) is 1. The molecule has 3 N–H and O–H groups in total. The largest absolute Gasteiger partial charge is 0.289 e. The van der Waals surface area contributed by atoms with Gasteiger partial charge in [-0.1, -0.05) is 17.8 Å². The molecule has 0 atom stereocenters. The van der Waals surface area contributed by atoms with Crippen LogP contribution in [0.5, 0.6) is 0 Å². The molecular weight excluding hydrogens is 208 g/mol. The third-order valence-corrected chi connectivity index (χ3v) is 2.67. The topological polar surface area (TPSA) is 87.7 Å². The number of hydrogen-bond donors (Lipinski definition) is 1. The molecule has 0 saturated heterocycles. The Bertz CT molecular complexity index is 468. The molecule has 0 saturated carbocycles. The molecule has 0 spiro atoms. The van der Waals surface area contributed by atoms with Crippen molar-refractivity contribution in [2.45, 2.75) is 5.03 Å². The molecule has 0 aliphatic rings. The predicted molar refractivity (Wildman–Crippen MR) is 57.8 cm³/mol. The standard InChI is InChI=1S/C10H8N4S/c1-2-3-15-10-8(6-12)4-7(5-11)9(13)14-10/h2,4H,1,3H2,(H2,13,14)/p+1. The Kier molecular flexibility index (Phi) is 3.73. The molecule has 1 aromatic heterocycles. The first-order chi connectivity index (χ1) is 7.22. The highest BCUT2D eigenvalue weighted by Gasteiger charge is 2.13. The maximum Gasteiger partial charge on any atom is 0.289 e. The molecule has 0 aliphatic heterocycles. The maximum atomic E-state index is 8.87. The van der Waals surface area contributed by atoms with E-state index < -0.39 is 0 Å². The number of aromatic amines is 1. The second-order valence-electron chi connectivity index (χ2n) is 2.66. The Balaban J connectivity index is 3.18. The first-order valence-corrected chi connectivity index (χ1v) is 5.11. The van der Waals surface area contributed by atoms with E-state index in [-0.39, 0.29) is 11.4 Å². The number of nitrogens with zero attached hydrogens (tertiary/aromatic N) is 2. The highest BCUT2D eigenvalue weighted by molar-refractivity contribution is 7.99. The van der Waals surface area contributed by atoms with Gasteiger partial charge in [0.15, 0.2) is 5.03 Å². The van der Waals surface area contributed by atoms with Crippen molar-refractivity contribution >= 4 is 17.6 Å². The summed E-state index contributed by atoms with van der Waals surface area (Å²) in [7, 11) is 0. The van der Waals surface area contributed by atoms with Crippen molar-refractivity contribution in [3.63, 3.8) is 0 Å². The minimum atomic E-state index is 0.281. The summed E-state index contributed by atoms with van der Waals surface area (Å²) < 4.78 is 0. The number of nitrogens with two attached hydrogens (primary N) is 1. The molecule has 15 heavy (non-hydrogen) atoms. The van der Waals surface area contributed by atoms with E-state index in [0.717, 1.165) is 0 Å². The lowest BCUT2D eigenvalue weighted by molar-refractivity contribution is -0.410. The number of nitriles is 2. The van der Waals surface area contributed by atoms with E-state index in [9.17, 15) is 0 Å². The number of nitrogen functional groups attached to an aromatic ring is 1. The molecule has 1 aromatic rings. The number of pyridine rings is 1. The van der Waals surface area contributed by atoms with Gasteiger partial charge in [-0.2, -0.15) is 10.5 Å². The average Bonchev–Trinajstić information content (AvgIpc) is 2.26. The SMILES string of the molecule is C=CCSc1[nH+]c(N)c(C#N)cc1C#N. The number of anilines is 1. The number of rotatable bonds is 3. The summed E-state index contributed by atoms with van der Waals surface area (Å²) in [6.45, 7) is 3.59. The normalized spacial score (nSPS) is 8.93. The maximum absolute atomic E-state index is 8.87. The van der Waals surface area contributed by atoms with Crippen molar-refractivity contribution < 1.29 is 4.98 Å². The Morgan fingerprint density at radius 2 is 2.13 bits per heavy atom. The molecule has 0 amide bonds. The van der Waals surface area contributed by atoms with Crippen LogP contribution in [0.2, 0.25) is 0 Å². The van der Waals surface area contributed by atoms with Gasteiger partial charge < -0.3 is 0 Å². The van der Waals surface area contributed by atoms with Crippen molar-refractivity contribution in [3.8, 4) is 12.1 Å². The van der Waals surface area contributed by atoms with Gasteiger partial charge in [-0.25, -0.2) is 4.98 Å². The van der Waals surface area contributed by atoms with E-state index in [1.807, 2.05) is 12.1 Å². The zero-order valence-corrected chi connectivity index (χ0v) is 8.77. The summed E-state index contributed by atoms with van der Waals surface area (Å²) in [5, 5.41) is 18.3. The lowest BCUT2D eigenvalue weighted by Gasteiger charge is -1.99. The van der Waals surface area contributed by atoms with Crippen LogP contribution in [-0.4, -0.2) is 5.75 Å². The summed E-state index contributed by atoms with van der Waals surface area (Å²) >= 11 is 1.42. The minimum Gasteiger partial charge on any atom is -0.286 e. The second-order valence-corrected chi connectivity index (χ2v) is 3.69. The van der Waals surface area contributed by atoms with Crippen LogP contribution in [0.3, 0.4) is 0 Å². The molecule has 0 aliphatic carbocycles. The van der Waals surface area contributed by atoms with Gasteiger partial charge >= 0.3 is 0 Å². The monoisotopic (exact) mass is 217 g/mol. The van der Waals surface area contributed by atoms with Crippen LogP contribution in [-0.2, 0) is 0 Å². The van der Waals surface area contributed by atoms with Crippen molar-refractivity contribution in [2.24, 2.45) is 0 Å². The average molecular weight is 217 g/mol. The fraction of sp³-hybridized carbons (Fsp3) is 0.100. The van der Waals surface area contributed by atoms with Crippen molar-refractivity contribution in [1.82, 2.24) is 0 Å². The molecular formula is C10H9N4S+. The minimum absolute atomic E-state index is 0.281. The molecule has 1 rings (SSSR count). The van der Waals surface area contributed by atoms with E-state index in [2.05, 4.69) is 11.6 Å². The first-order valence-electron chi connectivity index (χ1n) is 4.12. The summed E-state index contributed by atoms with van der Waals surface area (Å²) in [5.74, 6) is 0.958. The summed E-state index contributed by atoms with van der Waals surface area (Å²) in [6.07, 6.45) is 1.73. The van der Waals surface area contributed by atoms with Gasteiger partial charge in [-0.05, 0) is 6.07 Å². The van der Waals surface area contributed by atoms with Crippen molar-refractivity contribution in [1.29, 1.82) is 10.5 Å². The van der Waals surface area contributed by atoms with Crippen LogP contribution in [0, 0.1) is 22.7 Å². The Morgan fingerprint density at radius 1 is 1.47 bits per heavy atom. The molecule has 4 nitrogen and oxygen atoms in total. The predicted octanol–water partition coefficient (Wildman–Crippen LogP) is 1.10. The molecule has 0 fully saturated rings. The fourth-order valence-corrected chi connectivity index (χ4v) is 1.70. The van der Waals surface area contributed by atoms with Gasteiger partial charge in [0.25, 0.3) is 5.82 Å². The van der Waals surface area contributed by atoms with Crippen LogP contribution in [0.25, 0.3) is 0 Å². The van der Waals surface area contributed by atoms with Crippen molar-refractivity contribution in [3.05, 3.63) is 29.8 Å². The highest BCUT2D eigenvalue weighted by atomic mass is 32.2. The molecule has 74 valence electrons. The Labute approximate surface area is 92.0 Å². The van der Waals surface area contributed by atoms with Crippen LogP contribution < -0.4 is 10.7 Å². The van der Waals surface area contributed by atoms with Crippen molar-refractivity contribution in [2.75, 3.05) is 11.5 Å². The molecule has 0 aromatic carbocycles. The van der Waals surface area contributed by atoms with Gasteiger partial charge in [0.2, 0.25) is 0 Å². The lowest BCUT2D eigenvalue weighted by atomic mass is 10.2. The molecule has 0 bridgehead atoms. The fourth-order valence-electron chi connectivity index (χ4n) is 0.976.